The zero-order valence-electron chi connectivity index (χ0n) is 12.3. The van der Waals surface area contributed by atoms with Crippen molar-refractivity contribution in [2.45, 2.75) is 32.4 Å². The zero-order chi connectivity index (χ0) is 14.7. The monoisotopic (exact) mass is 278 g/mol. The van der Waals surface area contributed by atoms with Crippen LogP contribution in [-0.2, 0) is 4.74 Å². The van der Waals surface area contributed by atoms with E-state index in [1.165, 1.54) is 0 Å². The fraction of sp³-hybridized carbons (Fsp3) is 0.533. The number of amides is 1. The quantitative estimate of drug-likeness (QED) is 0.858. The number of nitrogens with zero attached hydrogens (tertiary/aromatic N) is 1. The number of hydrogen-bond acceptors (Lipinski definition) is 4. The Morgan fingerprint density at radius 3 is 2.95 bits per heavy atom. The van der Waals surface area contributed by atoms with Crippen molar-refractivity contribution in [2.75, 3.05) is 26.0 Å². The van der Waals surface area contributed by atoms with Gasteiger partial charge in [-0.3, -0.25) is 4.79 Å². The summed E-state index contributed by atoms with van der Waals surface area (Å²) in [5.74, 6) is 0.493. The molecule has 1 amide bonds. The van der Waals surface area contributed by atoms with Crippen LogP contribution in [0.1, 0.15) is 30.6 Å². The zero-order valence-corrected chi connectivity index (χ0v) is 12.3. The van der Waals surface area contributed by atoms with Crippen LogP contribution in [0.25, 0.3) is 0 Å². The van der Waals surface area contributed by atoms with Crippen LogP contribution >= 0.6 is 0 Å². The molecule has 2 unspecified atom stereocenters. The van der Waals surface area contributed by atoms with Crippen molar-refractivity contribution >= 4 is 11.6 Å². The minimum absolute atomic E-state index is 0.0242. The summed E-state index contributed by atoms with van der Waals surface area (Å²) in [6, 6.07) is 5.24. The smallest absolute Gasteiger partial charge is 0.258 e. The molecule has 0 radical (unpaired) electrons. The molecule has 0 bridgehead atoms. The highest BCUT2D eigenvalue weighted by Crippen LogP contribution is 2.25. The van der Waals surface area contributed by atoms with E-state index < -0.39 is 0 Å². The summed E-state index contributed by atoms with van der Waals surface area (Å²) in [5, 5.41) is 0. The maximum Gasteiger partial charge on any atom is 0.258 e. The molecule has 1 fully saturated rings. The van der Waals surface area contributed by atoms with Crippen molar-refractivity contribution in [1.82, 2.24) is 4.90 Å². The van der Waals surface area contributed by atoms with Gasteiger partial charge in [-0.1, -0.05) is 6.92 Å². The van der Waals surface area contributed by atoms with Crippen LogP contribution in [0.15, 0.2) is 18.2 Å². The van der Waals surface area contributed by atoms with Gasteiger partial charge in [0.1, 0.15) is 5.75 Å². The fourth-order valence-electron chi connectivity index (χ4n) is 2.47. The molecule has 1 aromatic rings. The number of ether oxygens (including phenoxy) is 2. The Morgan fingerprint density at radius 2 is 2.30 bits per heavy atom. The average Bonchev–Trinajstić information content (AvgIpc) is 2.46. The first kappa shape index (κ1) is 14.7. The first-order valence-corrected chi connectivity index (χ1v) is 6.92. The van der Waals surface area contributed by atoms with Gasteiger partial charge >= 0.3 is 0 Å². The Kier molecular flexibility index (Phi) is 4.49. The van der Waals surface area contributed by atoms with Gasteiger partial charge in [-0.05, 0) is 25.5 Å². The second kappa shape index (κ2) is 6.13. The van der Waals surface area contributed by atoms with Gasteiger partial charge in [0.05, 0.1) is 31.4 Å². The number of nitrogen functional groups attached to an aromatic ring is 1. The van der Waals surface area contributed by atoms with E-state index in [1.807, 2.05) is 11.8 Å². The number of rotatable bonds is 3. The van der Waals surface area contributed by atoms with Crippen LogP contribution in [-0.4, -0.2) is 43.2 Å². The van der Waals surface area contributed by atoms with E-state index in [0.717, 1.165) is 6.42 Å². The molecule has 0 aromatic heterocycles. The highest BCUT2D eigenvalue weighted by molar-refractivity contribution is 5.97. The number of anilines is 1. The summed E-state index contributed by atoms with van der Waals surface area (Å²) in [5.41, 5.74) is 6.87. The number of carbonyl (C=O) groups excluding carboxylic acids is 1. The molecule has 0 saturated carbocycles. The molecule has 0 spiro atoms. The highest BCUT2D eigenvalue weighted by atomic mass is 16.5. The van der Waals surface area contributed by atoms with Crippen molar-refractivity contribution in [1.29, 1.82) is 0 Å². The lowest BCUT2D eigenvalue weighted by Gasteiger charge is -2.38. The fourth-order valence-corrected chi connectivity index (χ4v) is 2.47. The number of morpholine rings is 1. The van der Waals surface area contributed by atoms with E-state index in [-0.39, 0.29) is 18.1 Å². The normalized spacial score (nSPS) is 22.6. The van der Waals surface area contributed by atoms with Crippen molar-refractivity contribution in [3.63, 3.8) is 0 Å². The van der Waals surface area contributed by atoms with E-state index >= 15 is 0 Å². The van der Waals surface area contributed by atoms with Crippen molar-refractivity contribution in [3.8, 4) is 5.75 Å². The second-order valence-corrected chi connectivity index (χ2v) is 5.12. The Bertz CT molecular complexity index is 490. The summed E-state index contributed by atoms with van der Waals surface area (Å²) in [7, 11) is 1.55. The van der Waals surface area contributed by atoms with E-state index in [9.17, 15) is 4.79 Å². The van der Waals surface area contributed by atoms with Crippen LogP contribution < -0.4 is 10.5 Å². The van der Waals surface area contributed by atoms with Gasteiger partial charge in [0.15, 0.2) is 0 Å². The molecule has 1 aliphatic heterocycles. The number of benzene rings is 1. The molecular weight excluding hydrogens is 256 g/mol. The van der Waals surface area contributed by atoms with E-state index in [4.69, 9.17) is 15.2 Å². The summed E-state index contributed by atoms with van der Waals surface area (Å²) in [6.45, 7) is 5.22. The molecule has 1 aliphatic rings. The van der Waals surface area contributed by atoms with Crippen molar-refractivity contribution in [2.24, 2.45) is 0 Å². The molecule has 1 saturated heterocycles. The van der Waals surface area contributed by atoms with Crippen LogP contribution in [0, 0.1) is 0 Å². The Morgan fingerprint density at radius 1 is 1.55 bits per heavy atom. The molecule has 110 valence electrons. The Labute approximate surface area is 119 Å². The lowest BCUT2D eigenvalue weighted by molar-refractivity contribution is -0.0444. The van der Waals surface area contributed by atoms with Crippen LogP contribution in [0.3, 0.4) is 0 Å². The van der Waals surface area contributed by atoms with Crippen molar-refractivity contribution < 1.29 is 14.3 Å². The molecule has 1 heterocycles. The average molecular weight is 278 g/mol. The largest absolute Gasteiger partial charge is 0.496 e. The summed E-state index contributed by atoms with van der Waals surface area (Å²) >= 11 is 0. The van der Waals surface area contributed by atoms with Crippen molar-refractivity contribution in [3.05, 3.63) is 23.8 Å². The molecule has 2 N–H and O–H groups in total. The SMILES string of the molecule is CCC1COC(C)CN1C(=O)c1ccc(N)cc1OC. The predicted molar refractivity (Wildman–Crippen MR) is 77.9 cm³/mol. The molecule has 20 heavy (non-hydrogen) atoms. The maximum atomic E-state index is 12.8. The number of methoxy groups -OCH3 is 1. The van der Waals surface area contributed by atoms with Gasteiger partial charge in [0.2, 0.25) is 0 Å². The molecule has 2 rings (SSSR count). The lowest BCUT2D eigenvalue weighted by atomic mass is 10.1. The van der Waals surface area contributed by atoms with Crippen LogP contribution in [0.2, 0.25) is 0 Å². The number of nitrogens with two attached hydrogens (primary N) is 1. The first-order chi connectivity index (χ1) is 9.56. The standard InChI is InChI=1S/C15H22N2O3/c1-4-12-9-20-10(2)8-17(12)15(18)13-6-5-11(16)7-14(13)19-3/h5-7,10,12H,4,8-9,16H2,1-3H3. The lowest BCUT2D eigenvalue weighted by Crippen LogP contribution is -2.51. The predicted octanol–water partition coefficient (Wildman–Crippen LogP) is 1.92. The van der Waals surface area contributed by atoms with Crippen LogP contribution in [0.5, 0.6) is 5.75 Å². The second-order valence-electron chi connectivity index (χ2n) is 5.12. The molecule has 2 atom stereocenters. The first-order valence-electron chi connectivity index (χ1n) is 6.92. The highest BCUT2D eigenvalue weighted by Gasteiger charge is 2.31. The molecule has 0 aliphatic carbocycles. The Hall–Kier alpha value is -1.75. The van der Waals surface area contributed by atoms with Gasteiger partial charge in [0, 0.05) is 18.3 Å². The number of hydrogen-bond donors (Lipinski definition) is 1. The molecule has 5 nitrogen and oxygen atoms in total. The van der Waals surface area contributed by atoms with Gasteiger partial charge in [-0.15, -0.1) is 0 Å². The minimum atomic E-state index is -0.0242. The third-order valence-electron chi connectivity index (χ3n) is 3.66. The van der Waals surface area contributed by atoms with E-state index in [0.29, 0.717) is 30.2 Å². The topological polar surface area (TPSA) is 64.8 Å². The van der Waals surface area contributed by atoms with Gasteiger partial charge in [0.25, 0.3) is 5.91 Å². The molecule has 5 heteroatoms. The summed E-state index contributed by atoms with van der Waals surface area (Å²) < 4.78 is 10.9. The van der Waals surface area contributed by atoms with Gasteiger partial charge in [-0.2, -0.15) is 0 Å². The Balaban J connectivity index is 2.29. The summed E-state index contributed by atoms with van der Waals surface area (Å²) in [6.07, 6.45) is 0.928. The van der Waals surface area contributed by atoms with Gasteiger partial charge in [-0.25, -0.2) is 0 Å². The molecular formula is C15H22N2O3. The van der Waals surface area contributed by atoms with E-state index in [1.54, 1.807) is 25.3 Å². The van der Waals surface area contributed by atoms with E-state index in [2.05, 4.69) is 6.92 Å². The third kappa shape index (κ3) is 2.88. The minimum Gasteiger partial charge on any atom is -0.496 e. The van der Waals surface area contributed by atoms with Gasteiger partial charge < -0.3 is 20.1 Å². The molecule has 1 aromatic carbocycles. The van der Waals surface area contributed by atoms with Crippen LogP contribution in [0.4, 0.5) is 5.69 Å². The summed E-state index contributed by atoms with van der Waals surface area (Å²) in [4.78, 5) is 14.6. The third-order valence-corrected chi connectivity index (χ3v) is 3.66. The maximum absolute atomic E-state index is 12.8. The number of carbonyl (C=O) groups is 1.